The lowest BCUT2D eigenvalue weighted by atomic mass is 9.70. The topological polar surface area (TPSA) is 25.2 Å². The van der Waals surface area contributed by atoms with Gasteiger partial charge in [-0.25, -0.2) is 0 Å². The molecule has 31 heavy (non-hydrogen) atoms. The van der Waals surface area contributed by atoms with Crippen LogP contribution in [0.25, 0.3) is 10.9 Å². The predicted octanol–water partition coefficient (Wildman–Crippen LogP) is 5.79. The molecule has 4 aromatic rings. The monoisotopic (exact) mass is 405 g/mol. The number of fused-ring (bicyclic) bond motifs is 1. The largest absolute Gasteiger partial charge is 0.374 e. The Bertz CT molecular complexity index is 1270. The Hall–Kier alpha value is -3.28. The molecule has 0 radical (unpaired) electrons. The van der Waals surface area contributed by atoms with Crippen LogP contribution in [-0.2, 0) is 18.1 Å². The first-order valence-corrected chi connectivity index (χ1v) is 10.9. The smallest absolute Gasteiger partial charge is 0.148 e. The number of hydrogen-bond donors (Lipinski definition) is 1. The Kier molecular flexibility index (Phi) is 4.73. The number of benzene rings is 3. The van der Waals surface area contributed by atoms with E-state index in [1.807, 2.05) is 30.3 Å². The Labute approximate surface area is 184 Å². The fourth-order valence-electron chi connectivity index (χ4n) is 4.78. The van der Waals surface area contributed by atoms with Crippen LogP contribution in [0.15, 0.2) is 91.1 Å². The number of hydrogen-bond acceptors (Lipinski definition) is 1. The van der Waals surface area contributed by atoms with Gasteiger partial charge in [0.25, 0.3) is 0 Å². The number of nitrogens with zero attached hydrogens (tertiary/aromatic N) is 1. The molecule has 0 spiro atoms. The van der Waals surface area contributed by atoms with Gasteiger partial charge in [-0.3, -0.25) is 0 Å². The van der Waals surface area contributed by atoms with Gasteiger partial charge in [0.2, 0.25) is 0 Å². The fourth-order valence-corrected chi connectivity index (χ4v) is 4.78. The van der Waals surface area contributed by atoms with Crippen molar-refractivity contribution in [2.75, 3.05) is 0 Å². The van der Waals surface area contributed by atoms with Crippen LogP contribution in [0.3, 0.4) is 0 Å². The molecule has 3 aromatic carbocycles. The molecule has 5 rings (SSSR count). The van der Waals surface area contributed by atoms with Crippen LogP contribution >= 0.6 is 0 Å². The summed E-state index contributed by atoms with van der Waals surface area (Å²) >= 11 is 0. The van der Waals surface area contributed by atoms with Crippen molar-refractivity contribution < 1.29 is 5.11 Å². The molecular formula is C29H27NO. The normalized spacial score (nSPS) is 17.4. The molecule has 1 N–H and O–H groups in total. The first kappa shape index (κ1) is 19.7. The molecular weight excluding hydrogens is 378 g/mol. The Morgan fingerprint density at radius 3 is 2.03 bits per heavy atom. The van der Waals surface area contributed by atoms with Gasteiger partial charge in [-0.15, -0.1) is 0 Å². The lowest BCUT2D eigenvalue weighted by molar-refractivity contribution is 0.122. The van der Waals surface area contributed by atoms with Crippen LogP contribution in [0.1, 0.15) is 36.5 Å². The summed E-state index contributed by atoms with van der Waals surface area (Å²) in [4.78, 5) is 0. The van der Waals surface area contributed by atoms with Gasteiger partial charge in [0, 0.05) is 29.7 Å². The maximum absolute atomic E-state index is 11.3. The molecule has 1 fully saturated rings. The summed E-state index contributed by atoms with van der Waals surface area (Å²) in [7, 11) is 2.10. The SMILES string of the molecule is Cn1cc(C(C#CC(C)(O)c2ccccc2)(c2ccccc2)C2CC2)c2ccccc21. The van der Waals surface area contributed by atoms with Crippen molar-refractivity contribution in [3.05, 3.63) is 108 Å². The minimum atomic E-state index is -1.22. The third-order valence-electron chi connectivity index (χ3n) is 6.58. The second kappa shape index (κ2) is 7.45. The maximum atomic E-state index is 11.3. The molecule has 2 unspecified atom stereocenters. The standard InChI is InChI=1S/C29H27NO/c1-28(31,22-11-5-3-6-12-22)19-20-29(24-17-18-24,23-13-7-4-8-14-23)26-21-30(2)27-16-10-9-15-25(26)27/h3-16,21,24,31H,17-18H2,1-2H3. The summed E-state index contributed by atoms with van der Waals surface area (Å²) in [6, 6.07) is 28.9. The van der Waals surface area contributed by atoms with Crippen LogP contribution in [0, 0.1) is 17.8 Å². The van der Waals surface area contributed by atoms with Crippen molar-refractivity contribution in [2.45, 2.75) is 30.8 Å². The molecule has 2 atom stereocenters. The van der Waals surface area contributed by atoms with E-state index in [0.29, 0.717) is 5.92 Å². The van der Waals surface area contributed by atoms with E-state index in [4.69, 9.17) is 0 Å². The zero-order valence-corrected chi connectivity index (χ0v) is 18.0. The highest BCUT2D eigenvalue weighted by Gasteiger charge is 2.48. The van der Waals surface area contributed by atoms with Gasteiger partial charge in [-0.2, -0.15) is 0 Å². The van der Waals surface area contributed by atoms with Crippen LogP contribution < -0.4 is 0 Å². The van der Waals surface area contributed by atoms with Crippen LogP contribution in [0.2, 0.25) is 0 Å². The van der Waals surface area contributed by atoms with Crippen molar-refractivity contribution >= 4 is 10.9 Å². The summed E-state index contributed by atoms with van der Waals surface area (Å²) in [5.41, 5.74) is 2.77. The van der Waals surface area contributed by atoms with Gasteiger partial charge >= 0.3 is 0 Å². The molecule has 0 bridgehead atoms. The van der Waals surface area contributed by atoms with Gasteiger partial charge in [0.1, 0.15) is 5.60 Å². The summed E-state index contributed by atoms with van der Waals surface area (Å²) in [5, 5.41) is 12.5. The van der Waals surface area contributed by atoms with Crippen molar-refractivity contribution in [3.63, 3.8) is 0 Å². The van der Waals surface area contributed by atoms with Crippen molar-refractivity contribution in [3.8, 4) is 11.8 Å². The quantitative estimate of drug-likeness (QED) is 0.428. The van der Waals surface area contributed by atoms with E-state index in [2.05, 4.69) is 84.2 Å². The second-order valence-electron chi connectivity index (χ2n) is 8.81. The average Bonchev–Trinajstić information content (AvgIpc) is 3.60. The van der Waals surface area contributed by atoms with E-state index >= 15 is 0 Å². The zero-order chi connectivity index (χ0) is 21.5. The Morgan fingerprint density at radius 2 is 1.39 bits per heavy atom. The third kappa shape index (κ3) is 3.36. The number of aryl methyl sites for hydroxylation is 1. The fraction of sp³-hybridized carbons (Fsp3) is 0.241. The first-order chi connectivity index (χ1) is 15.0. The first-order valence-electron chi connectivity index (χ1n) is 10.9. The van der Waals surface area contributed by atoms with E-state index in [-0.39, 0.29) is 0 Å². The molecule has 154 valence electrons. The molecule has 1 aliphatic carbocycles. The van der Waals surface area contributed by atoms with Crippen molar-refractivity contribution in [2.24, 2.45) is 13.0 Å². The molecule has 0 amide bonds. The zero-order valence-electron chi connectivity index (χ0n) is 18.0. The molecule has 0 saturated heterocycles. The lowest BCUT2D eigenvalue weighted by Crippen LogP contribution is -2.30. The highest BCUT2D eigenvalue weighted by Crippen LogP contribution is 2.53. The van der Waals surface area contributed by atoms with E-state index < -0.39 is 11.0 Å². The third-order valence-corrected chi connectivity index (χ3v) is 6.58. The number of rotatable bonds is 4. The predicted molar refractivity (Wildman–Crippen MR) is 127 cm³/mol. The summed E-state index contributed by atoms with van der Waals surface area (Å²) in [6.45, 7) is 1.79. The summed E-state index contributed by atoms with van der Waals surface area (Å²) in [6.07, 6.45) is 4.52. The minimum absolute atomic E-state index is 0.430. The van der Waals surface area contributed by atoms with Crippen LogP contribution in [-0.4, -0.2) is 9.67 Å². The average molecular weight is 406 g/mol. The Morgan fingerprint density at radius 1 is 0.806 bits per heavy atom. The van der Waals surface area contributed by atoms with Crippen molar-refractivity contribution in [1.29, 1.82) is 0 Å². The van der Waals surface area contributed by atoms with Gasteiger partial charge in [0.05, 0.1) is 5.41 Å². The highest BCUT2D eigenvalue weighted by molar-refractivity contribution is 5.87. The van der Waals surface area contributed by atoms with E-state index in [1.54, 1.807) is 6.92 Å². The molecule has 2 nitrogen and oxygen atoms in total. The number of para-hydroxylation sites is 1. The summed E-state index contributed by atoms with van der Waals surface area (Å²) < 4.78 is 2.20. The minimum Gasteiger partial charge on any atom is -0.374 e. The molecule has 1 heterocycles. The van der Waals surface area contributed by atoms with E-state index in [9.17, 15) is 5.11 Å². The lowest BCUT2D eigenvalue weighted by Gasteiger charge is -2.30. The van der Waals surface area contributed by atoms with Gasteiger partial charge in [0.15, 0.2) is 0 Å². The highest BCUT2D eigenvalue weighted by atomic mass is 16.3. The van der Waals surface area contributed by atoms with Crippen molar-refractivity contribution in [1.82, 2.24) is 4.57 Å². The van der Waals surface area contributed by atoms with Gasteiger partial charge < -0.3 is 9.67 Å². The molecule has 1 saturated carbocycles. The second-order valence-corrected chi connectivity index (χ2v) is 8.81. The molecule has 1 aliphatic rings. The van der Waals surface area contributed by atoms with E-state index in [1.165, 1.54) is 22.0 Å². The van der Waals surface area contributed by atoms with E-state index in [0.717, 1.165) is 18.4 Å². The number of aliphatic hydroxyl groups is 1. The summed E-state index contributed by atoms with van der Waals surface area (Å²) in [5.74, 6) is 7.39. The van der Waals surface area contributed by atoms with Gasteiger partial charge in [-0.1, -0.05) is 90.7 Å². The maximum Gasteiger partial charge on any atom is 0.148 e. The Balaban J connectivity index is 1.77. The molecule has 1 aromatic heterocycles. The molecule has 2 heteroatoms. The molecule has 0 aliphatic heterocycles. The van der Waals surface area contributed by atoms with Gasteiger partial charge in [-0.05, 0) is 42.9 Å². The van der Waals surface area contributed by atoms with Crippen LogP contribution in [0.4, 0.5) is 0 Å². The van der Waals surface area contributed by atoms with Crippen LogP contribution in [0.5, 0.6) is 0 Å². The number of aromatic nitrogens is 1.